The SMILES string of the molecule is Cc1cc(N)c([N+](=O)[O-])c(C)c1S(=O)(=O)Nc1nccc2ccccc12. The lowest BCUT2D eigenvalue weighted by Crippen LogP contribution is -2.18. The summed E-state index contributed by atoms with van der Waals surface area (Å²) in [5.74, 6) is 0.154. The van der Waals surface area contributed by atoms with Crippen LogP contribution in [0.1, 0.15) is 11.1 Å². The van der Waals surface area contributed by atoms with Gasteiger partial charge in [-0.1, -0.05) is 24.3 Å². The van der Waals surface area contributed by atoms with Crippen LogP contribution in [0.2, 0.25) is 0 Å². The van der Waals surface area contributed by atoms with Crippen molar-refractivity contribution in [3.05, 3.63) is 63.8 Å². The third-order valence-electron chi connectivity index (χ3n) is 4.06. The van der Waals surface area contributed by atoms with Gasteiger partial charge in [-0.25, -0.2) is 13.4 Å². The average molecular weight is 372 g/mol. The minimum absolute atomic E-state index is 0.0137. The fourth-order valence-electron chi connectivity index (χ4n) is 3.02. The molecule has 0 unspecified atom stereocenters. The van der Waals surface area contributed by atoms with Crippen LogP contribution in [-0.4, -0.2) is 18.3 Å². The van der Waals surface area contributed by atoms with Gasteiger partial charge in [0.15, 0.2) is 0 Å². The number of pyridine rings is 1. The van der Waals surface area contributed by atoms with Crippen molar-refractivity contribution in [3.63, 3.8) is 0 Å². The molecule has 3 N–H and O–H groups in total. The van der Waals surface area contributed by atoms with E-state index in [1.165, 1.54) is 26.1 Å². The minimum Gasteiger partial charge on any atom is -0.393 e. The van der Waals surface area contributed by atoms with Crippen molar-refractivity contribution in [2.45, 2.75) is 18.7 Å². The molecule has 9 heteroatoms. The molecule has 3 aromatic rings. The second-order valence-electron chi connectivity index (χ2n) is 5.83. The van der Waals surface area contributed by atoms with Gasteiger partial charge in [-0.2, -0.15) is 0 Å². The van der Waals surface area contributed by atoms with Crippen LogP contribution in [0.25, 0.3) is 10.8 Å². The lowest BCUT2D eigenvalue weighted by atomic mass is 10.1. The van der Waals surface area contributed by atoms with E-state index in [-0.39, 0.29) is 22.0 Å². The normalized spacial score (nSPS) is 11.5. The van der Waals surface area contributed by atoms with Crippen LogP contribution in [0.3, 0.4) is 0 Å². The standard InChI is InChI=1S/C17H16N4O4S/c1-10-9-14(18)15(21(22)23)11(2)16(10)26(24,25)20-17-13-6-4-3-5-12(13)7-8-19-17/h3-9H,18H2,1-2H3,(H,19,20). The average Bonchev–Trinajstić information content (AvgIpc) is 2.53. The van der Waals surface area contributed by atoms with Crippen molar-refractivity contribution < 1.29 is 13.3 Å². The van der Waals surface area contributed by atoms with Gasteiger partial charge in [0, 0.05) is 17.1 Å². The Balaban J connectivity index is 2.18. The first-order valence-electron chi connectivity index (χ1n) is 7.63. The monoisotopic (exact) mass is 372 g/mol. The molecular weight excluding hydrogens is 356 g/mol. The molecule has 0 atom stereocenters. The Labute approximate surface area is 149 Å². The molecule has 0 amide bonds. The number of nitrogen functional groups attached to an aromatic ring is 1. The number of nitrogens with two attached hydrogens (primary N) is 1. The number of nitro benzene ring substituents is 1. The third-order valence-corrected chi connectivity index (χ3v) is 5.68. The number of sulfonamides is 1. The summed E-state index contributed by atoms with van der Waals surface area (Å²) in [6.45, 7) is 2.91. The number of nitro groups is 1. The summed E-state index contributed by atoms with van der Waals surface area (Å²) >= 11 is 0. The third kappa shape index (κ3) is 2.93. The molecule has 1 aromatic heterocycles. The Hall–Kier alpha value is -3.20. The van der Waals surface area contributed by atoms with E-state index in [1.807, 2.05) is 12.1 Å². The summed E-state index contributed by atoms with van der Waals surface area (Å²) in [6, 6.07) is 10.2. The molecule has 0 fully saturated rings. The van der Waals surface area contributed by atoms with E-state index in [0.29, 0.717) is 10.9 Å². The maximum Gasteiger partial charge on any atom is 0.296 e. The number of rotatable bonds is 4. The van der Waals surface area contributed by atoms with Crippen LogP contribution in [0.5, 0.6) is 0 Å². The second-order valence-corrected chi connectivity index (χ2v) is 7.45. The van der Waals surface area contributed by atoms with E-state index in [9.17, 15) is 18.5 Å². The number of aryl methyl sites for hydroxylation is 1. The lowest BCUT2D eigenvalue weighted by molar-refractivity contribution is -0.384. The number of hydrogen-bond acceptors (Lipinski definition) is 6. The second kappa shape index (κ2) is 6.26. The van der Waals surface area contributed by atoms with Gasteiger partial charge in [0.05, 0.1) is 4.92 Å². The minimum atomic E-state index is -4.11. The molecule has 26 heavy (non-hydrogen) atoms. The quantitative estimate of drug-likeness (QED) is 0.411. The van der Waals surface area contributed by atoms with Crippen molar-refractivity contribution in [1.29, 1.82) is 0 Å². The lowest BCUT2D eigenvalue weighted by Gasteiger charge is -2.14. The first kappa shape index (κ1) is 17.6. The van der Waals surface area contributed by atoms with Crippen molar-refractivity contribution >= 4 is 38.0 Å². The fraction of sp³-hybridized carbons (Fsp3) is 0.118. The van der Waals surface area contributed by atoms with Crippen molar-refractivity contribution in [2.24, 2.45) is 0 Å². The fourth-order valence-corrected chi connectivity index (χ4v) is 4.52. The van der Waals surface area contributed by atoms with Gasteiger partial charge >= 0.3 is 0 Å². The molecule has 0 saturated carbocycles. The summed E-state index contributed by atoms with van der Waals surface area (Å²) in [5, 5.41) is 12.7. The summed E-state index contributed by atoms with van der Waals surface area (Å²) in [7, 11) is -4.11. The smallest absolute Gasteiger partial charge is 0.296 e. The number of nitrogens with one attached hydrogen (secondary N) is 1. The van der Waals surface area contributed by atoms with Gasteiger partial charge in [-0.15, -0.1) is 0 Å². The van der Waals surface area contributed by atoms with Gasteiger partial charge in [0.1, 0.15) is 16.4 Å². The highest BCUT2D eigenvalue weighted by Gasteiger charge is 2.28. The van der Waals surface area contributed by atoms with Crippen LogP contribution in [0, 0.1) is 24.0 Å². The van der Waals surface area contributed by atoms with E-state index in [2.05, 4.69) is 9.71 Å². The first-order chi connectivity index (χ1) is 12.2. The molecule has 8 nitrogen and oxygen atoms in total. The molecule has 1 heterocycles. The zero-order valence-electron chi connectivity index (χ0n) is 14.1. The van der Waals surface area contributed by atoms with Gasteiger partial charge in [-0.05, 0) is 36.9 Å². The summed E-state index contributed by atoms with van der Waals surface area (Å²) in [6.07, 6.45) is 1.49. The number of anilines is 2. The van der Waals surface area contributed by atoms with Crippen molar-refractivity contribution in [3.8, 4) is 0 Å². The molecule has 0 aliphatic rings. The van der Waals surface area contributed by atoms with Gasteiger partial charge in [0.25, 0.3) is 15.7 Å². The number of fused-ring (bicyclic) bond motifs is 1. The van der Waals surface area contributed by atoms with Crippen molar-refractivity contribution in [2.75, 3.05) is 10.5 Å². The van der Waals surface area contributed by atoms with Gasteiger partial charge in [0.2, 0.25) is 0 Å². The molecule has 0 bridgehead atoms. The van der Waals surface area contributed by atoms with Gasteiger partial charge < -0.3 is 5.73 Å². The van der Waals surface area contributed by atoms with Crippen LogP contribution in [-0.2, 0) is 10.0 Å². The molecule has 0 aliphatic heterocycles. The maximum absolute atomic E-state index is 13.0. The Morgan fingerprint density at radius 3 is 2.58 bits per heavy atom. The van der Waals surface area contributed by atoms with Crippen LogP contribution < -0.4 is 10.5 Å². The Bertz CT molecular complexity index is 1140. The largest absolute Gasteiger partial charge is 0.393 e. The molecule has 2 aromatic carbocycles. The molecular formula is C17H16N4O4S. The maximum atomic E-state index is 13.0. The van der Waals surface area contributed by atoms with Crippen LogP contribution >= 0.6 is 0 Å². The Kier molecular flexibility index (Phi) is 4.25. The Morgan fingerprint density at radius 1 is 1.19 bits per heavy atom. The highest BCUT2D eigenvalue weighted by atomic mass is 32.2. The zero-order chi connectivity index (χ0) is 19.1. The summed E-state index contributed by atoms with van der Waals surface area (Å²) < 4.78 is 28.4. The highest BCUT2D eigenvalue weighted by Crippen LogP contribution is 2.35. The van der Waals surface area contributed by atoms with Crippen LogP contribution in [0.4, 0.5) is 17.2 Å². The van der Waals surface area contributed by atoms with E-state index < -0.39 is 20.6 Å². The van der Waals surface area contributed by atoms with Crippen LogP contribution in [0.15, 0.2) is 47.5 Å². The van der Waals surface area contributed by atoms with Gasteiger partial charge in [-0.3, -0.25) is 14.8 Å². The molecule has 0 aliphatic carbocycles. The Morgan fingerprint density at radius 2 is 1.88 bits per heavy atom. The number of nitrogens with zero attached hydrogens (tertiary/aromatic N) is 2. The molecule has 0 radical (unpaired) electrons. The predicted octanol–water partition coefficient (Wildman–Crippen LogP) is 3.14. The summed E-state index contributed by atoms with van der Waals surface area (Å²) in [5.41, 5.74) is 5.51. The molecule has 0 spiro atoms. The first-order valence-corrected chi connectivity index (χ1v) is 9.11. The number of aromatic nitrogens is 1. The number of hydrogen-bond donors (Lipinski definition) is 2. The number of benzene rings is 2. The van der Waals surface area contributed by atoms with E-state index in [4.69, 9.17) is 5.73 Å². The molecule has 0 saturated heterocycles. The van der Waals surface area contributed by atoms with Crippen molar-refractivity contribution in [1.82, 2.24) is 4.98 Å². The topological polar surface area (TPSA) is 128 Å². The van der Waals surface area contributed by atoms with E-state index in [0.717, 1.165) is 5.39 Å². The highest BCUT2D eigenvalue weighted by molar-refractivity contribution is 7.92. The molecule has 134 valence electrons. The van der Waals surface area contributed by atoms with E-state index in [1.54, 1.807) is 18.2 Å². The molecule has 3 rings (SSSR count). The summed E-state index contributed by atoms with van der Waals surface area (Å²) in [4.78, 5) is 14.5. The van der Waals surface area contributed by atoms with E-state index >= 15 is 0 Å². The zero-order valence-corrected chi connectivity index (χ0v) is 14.9. The predicted molar refractivity (Wildman–Crippen MR) is 99.5 cm³/mol.